The van der Waals surface area contributed by atoms with Crippen molar-refractivity contribution in [1.29, 1.82) is 0 Å². The third kappa shape index (κ3) is 3.31. The fourth-order valence-corrected chi connectivity index (χ4v) is 3.78. The van der Waals surface area contributed by atoms with E-state index in [2.05, 4.69) is 15.9 Å². The zero-order valence-corrected chi connectivity index (χ0v) is 13.3. The maximum atomic E-state index is 13.1. The topological polar surface area (TPSA) is 60.2 Å². The Labute approximate surface area is 129 Å². The first-order valence-corrected chi connectivity index (χ1v) is 8.33. The van der Waals surface area contributed by atoms with Gasteiger partial charge in [-0.3, -0.25) is 0 Å². The van der Waals surface area contributed by atoms with E-state index in [0.717, 1.165) is 6.07 Å². The fourth-order valence-electron chi connectivity index (χ4n) is 1.73. The average molecular weight is 379 g/mol. The number of benzene rings is 2. The second kappa shape index (κ2) is 5.71. The van der Waals surface area contributed by atoms with Crippen LogP contribution in [0.2, 0.25) is 5.02 Å². The smallest absolute Gasteiger partial charge is 0.184 e. The lowest BCUT2D eigenvalue weighted by Crippen LogP contribution is -2.08. The van der Waals surface area contributed by atoms with Crippen LogP contribution >= 0.6 is 27.5 Å². The van der Waals surface area contributed by atoms with Gasteiger partial charge in [-0.2, -0.15) is 0 Å². The maximum Gasteiger partial charge on any atom is 0.184 e. The first-order valence-electron chi connectivity index (χ1n) is 5.51. The van der Waals surface area contributed by atoms with Gasteiger partial charge in [-0.15, -0.1) is 0 Å². The first-order chi connectivity index (χ1) is 9.29. The second-order valence-electron chi connectivity index (χ2n) is 4.19. The summed E-state index contributed by atoms with van der Waals surface area (Å²) in [6.45, 7) is 0. The molecule has 7 heteroatoms. The van der Waals surface area contributed by atoms with Gasteiger partial charge in [0, 0.05) is 4.47 Å². The molecule has 0 aliphatic heterocycles. The summed E-state index contributed by atoms with van der Waals surface area (Å²) in [7, 11) is -3.62. The summed E-state index contributed by atoms with van der Waals surface area (Å²) in [4.78, 5) is 0.0427. The van der Waals surface area contributed by atoms with Crippen LogP contribution in [-0.2, 0) is 15.6 Å². The zero-order valence-electron chi connectivity index (χ0n) is 10.1. The minimum atomic E-state index is -3.62. The average Bonchev–Trinajstić information content (AvgIpc) is 2.33. The lowest BCUT2D eigenvalue weighted by molar-refractivity contribution is 0.595. The highest BCUT2D eigenvalue weighted by Crippen LogP contribution is 2.26. The lowest BCUT2D eigenvalue weighted by atomic mass is 10.2. The van der Waals surface area contributed by atoms with Crippen LogP contribution in [0.3, 0.4) is 0 Å². The summed E-state index contributed by atoms with van der Waals surface area (Å²) >= 11 is 8.85. The number of anilines is 1. The summed E-state index contributed by atoms with van der Waals surface area (Å²) in [6, 6.07) is 8.36. The predicted molar refractivity (Wildman–Crippen MR) is 80.9 cm³/mol. The van der Waals surface area contributed by atoms with Crippen molar-refractivity contribution in [2.24, 2.45) is 0 Å². The van der Waals surface area contributed by atoms with Gasteiger partial charge in [0.25, 0.3) is 0 Å². The molecule has 0 aromatic heterocycles. The van der Waals surface area contributed by atoms with Crippen LogP contribution in [0, 0.1) is 5.82 Å². The van der Waals surface area contributed by atoms with E-state index < -0.39 is 15.7 Å². The molecule has 0 unspecified atom stereocenters. The van der Waals surface area contributed by atoms with Crippen molar-refractivity contribution < 1.29 is 12.8 Å². The van der Waals surface area contributed by atoms with Crippen LogP contribution in [0.15, 0.2) is 45.8 Å². The highest BCUT2D eigenvalue weighted by Gasteiger charge is 2.19. The standard InChI is InChI=1S/C13H10BrClFNO2S/c14-9-2-4-13(12(17)6-9)20(18,19)7-8-1-3-11(16)10(15)5-8/h1-6H,7,17H2. The van der Waals surface area contributed by atoms with Gasteiger partial charge in [-0.25, -0.2) is 12.8 Å². The number of sulfone groups is 1. The van der Waals surface area contributed by atoms with Crippen LogP contribution < -0.4 is 5.73 Å². The van der Waals surface area contributed by atoms with Crippen LogP contribution in [0.25, 0.3) is 0 Å². The van der Waals surface area contributed by atoms with E-state index in [1.54, 1.807) is 6.07 Å². The Balaban J connectivity index is 2.38. The van der Waals surface area contributed by atoms with E-state index in [1.165, 1.54) is 24.3 Å². The Bertz CT molecular complexity index is 765. The van der Waals surface area contributed by atoms with Gasteiger partial charge in [-0.05, 0) is 35.9 Å². The minimum Gasteiger partial charge on any atom is -0.398 e. The van der Waals surface area contributed by atoms with Crippen molar-refractivity contribution in [3.63, 3.8) is 0 Å². The van der Waals surface area contributed by atoms with Crippen molar-refractivity contribution in [3.05, 3.63) is 57.3 Å². The Morgan fingerprint density at radius 3 is 2.50 bits per heavy atom. The number of hydrogen-bond donors (Lipinski definition) is 1. The molecule has 0 radical (unpaired) electrons. The molecule has 0 aliphatic carbocycles. The zero-order chi connectivity index (χ0) is 14.9. The summed E-state index contributed by atoms with van der Waals surface area (Å²) in [5.41, 5.74) is 6.28. The van der Waals surface area contributed by atoms with Gasteiger partial charge in [0.15, 0.2) is 9.84 Å². The van der Waals surface area contributed by atoms with Crippen molar-refractivity contribution in [2.45, 2.75) is 10.6 Å². The minimum absolute atomic E-state index is 0.0427. The van der Waals surface area contributed by atoms with Crippen molar-refractivity contribution in [1.82, 2.24) is 0 Å². The fraction of sp³-hybridized carbons (Fsp3) is 0.0769. The van der Waals surface area contributed by atoms with E-state index in [9.17, 15) is 12.8 Å². The lowest BCUT2D eigenvalue weighted by Gasteiger charge is -2.08. The highest BCUT2D eigenvalue weighted by molar-refractivity contribution is 9.10. The van der Waals surface area contributed by atoms with E-state index >= 15 is 0 Å². The molecule has 106 valence electrons. The highest BCUT2D eigenvalue weighted by atomic mass is 79.9. The van der Waals surface area contributed by atoms with Gasteiger partial charge in [0.1, 0.15) is 5.82 Å². The Morgan fingerprint density at radius 1 is 1.20 bits per heavy atom. The van der Waals surface area contributed by atoms with Crippen molar-refractivity contribution in [2.75, 3.05) is 5.73 Å². The normalized spacial score (nSPS) is 11.6. The summed E-state index contributed by atoms with van der Waals surface area (Å²) < 4.78 is 38.3. The number of nitrogen functional groups attached to an aromatic ring is 1. The molecule has 0 aliphatic rings. The summed E-state index contributed by atoms with van der Waals surface area (Å²) in [5.74, 6) is -0.880. The molecule has 0 spiro atoms. The number of nitrogens with two attached hydrogens (primary N) is 1. The van der Waals surface area contributed by atoms with Gasteiger partial charge in [-0.1, -0.05) is 33.6 Å². The van der Waals surface area contributed by atoms with E-state index in [-0.39, 0.29) is 21.4 Å². The summed E-state index contributed by atoms with van der Waals surface area (Å²) in [6.07, 6.45) is 0. The third-order valence-electron chi connectivity index (χ3n) is 2.65. The monoisotopic (exact) mass is 377 g/mol. The Kier molecular flexibility index (Phi) is 4.36. The first kappa shape index (κ1) is 15.3. The molecule has 0 bridgehead atoms. The molecule has 2 N–H and O–H groups in total. The number of hydrogen-bond acceptors (Lipinski definition) is 3. The van der Waals surface area contributed by atoms with Crippen molar-refractivity contribution in [3.8, 4) is 0 Å². The Morgan fingerprint density at radius 2 is 1.90 bits per heavy atom. The number of halogens is 3. The number of rotatable bonds is 3. The second-order valence-corrected chi connectivity index (χ2v) is 7.47. The molecule has 3 nitrogen and oxygen atoms in total. The van der Waals surface area contributed by atoms with Crippen LogP contribution in [0.1, 0.15) is 5.56 Å². The molecule has 0 heterocycles. The predicted octanol–water partition coefficient (Wildman–Crippen LogP) is 3.80. The molecule has 0 fully saturated rings. The van der Waals surface area contributed by atoms with Gasteiger partial charge in [0.2, 0.25) is 0 Å². The molecule has 2 rings (SSSR count). The van der Waals surface area contributed by atoms with Crippen LogP contribution in [-0.4, -0.2) is 8.42 Å². The van der Waals surface area contributed by atoms with E-state index in [0.29, 0.717) is 10.0 Å². The van der Waals surface area contributed by atoms with Crippen LogP contribution in [0.5, 0.6) is 0 Å². The van der Waals surface area contributed by atoms with Gasteiger partial charge < -0.3 is 5.73 Å². The molecule has 0 saturated heterocycles. The van der Waals surface area contributed by atoms with Crippen LogP contribution in [0.4, 0.5) is 10.1 Å². The van der Waals surface area contributed by atoms with Gasteiger partial charge in [0.05, 0.1) is 21.4 Å². The van der Waals surface area contributed by atoms with E-state index in [1.807, 2.05) is 0 Å². The SMILES string of the molecule is Nc1cc(Br)ccc1S(=O)(=O)Cc1ccc(F)c(Cl)c1. The molecule has 0 saturated carbocycles. The molecular weight excluding hydrogens is 369 g/mol. The maximum absolute atomic E-state index is 13.1. The van der Waals surface area contributed by atoms with Crippen molar-refractivity contribution >= 4 is 43.1 Å². The molecule has 2 aromatic carbocycles. The largest absolute Gasteiger partial charge is 0.398 e. The van der Waals surface area contributed by atoms with E-state index in [4.69, 9.17) is 17.3 Å². The molecule has 2 aromatic rings. The molecular formula is C13H10BrClFNO2S. The third-order valence-corrected chi connectivity index (χ3v) is 5.19. The molecule has 0 amide bonds. The molecule has 0 atom stereocenters. The Hall–Kier alpha value is -1.11. The molecule has 20 heavy (non-hydrogen) atoms. The van der Waals surface area contributed by atoms with Gasteiger partial charge >= 0.3 is 0 Å². The summed E-state index contributed by atoms with van der Waals surface area (Å²) in [5, 5.41) is -0.110. The quantitative estimate of drug-likeness (QED) is 0.827.